The average molecular weight is 321 g/mol. The Balaban J connectivity index is 2.15. The summed E-state index contributed by atoms with van der Waals surface area (Å²) in [5.41, 5.74) is 0.502. The number of carbonyl (C=O) groups excluding carboxylic acids is 1. The van der Waals surface area contributed by atoms with Crippen molar-refractivity contribution in [1.29, 1.82) is 0 Å². The van der Waals surface area contributed by atoms with E-state index in [1.807, 2.05) is 0 Å². The van der Waals surface area contributed by atoms with Crippen molar-refractivity contribution >= 4 is 38.9 Å². The molecule has 0 radical (unpaired) electrons. The van der Waals surface area contributed by atoms with Gasteiger partial charge in [0.2, 0.25) is 10.0 Å². The van der Waals surface area contributed by atoms with Crippen LogP contribution in [0.25, 0.3) is 0 Å². The highest BCUT2D eigenvalue weighted by Gasteiger charge is 2.29. The first-order chi connectivity index (χ1) is 8.91. The van der Waals surface area contributed by atoms with Crippen molar-refractivity contribution in [1.82, 2.24) is 0 Å². The van der Waals surface area contributed by atoms with E-state index in [9.17, 15) is 13.2 Å². The molecule has 1 aromatic rings. The fraction of sp³-hybridized carbons (Fsp3) is 0.545. The molecule has 1 aliphatic rings. The monoisotopic (exact) mass is 321 g/mol. The van der Waals surface area contributed by atoms with Crippen molar-refractivity contribution < 1.29 is 17.9 Å². The number of nitrogens with two attached hydrogens (primary N) is 1. The molecule has 5 nitrogen and oxygen atoms in total. The Morgan fingerprint density at radius 3 is 2.89 bits per heavy atom. The first-order valence-corrected chi connectivity index (χ1v) is 9.01. The van der Waals surface area contributed by atoms with Gasteiger partial charge in [0.25, 0.3) is 0 Å². The van der Waals surface area contributed by atoms with E-state index in [4.69, 9.17) is 9.88 Å². The fourth-order valence-electron chi connectivity index (χ4n) is 1.90. The summed E-state index contributed by atoms with van der Waals surface area (Å²) in [6.45, 7) is 0.672. The van der Waals surface area contributed by atoms with Crippen LogP contribution < -0.4 is 5.14 Å². The summed E-state index contributed by atoms with van der Waals surface area (Å²) in [7, 11) is -2.08. The summed E-state index contributed by atoms with van der Waals surface area (Å²) >= 11 is 2.66. The number of hydrogen-bond acceptors (Lipinski definition) is 6. The maximum absolute atomic E-state index is 12.0. The molecule has 2 heterocycles. The standard InChI is InChI=1S/C11H15NO4S3/c1-16-4-2-3-7-5-9(13)8-6-10(19(12,14)15)18-11(8)17-7/h6-7H,2-5H2,1H3,(H2,12,14,15). The van der Waals surface area contributed by atoms with E-state index in [2.05, 4.69) is 0 Å². The Morgan fingerprint density at radius 2 is 2.26 bits per heavy atom. The molecule has 0 fully saturated rings. The Kier molecular flexibility index (Phi) is 4.67. The van der Waals surface area contributed by atoms with Crippen LogP contribution in [0.1, 0.15) is 29.6 Å². The number of hydrogen-bond donors (Lipinski definition) is 1. The second-order valence-corrected chi connectivity index (χ2v) is 8.72. The molecule has 0 bridgehead atoms. The molecule has 0 saturated heterocycles. The molecule has 2 N–H and O–H groups in total. The van der Waals surface area contributed by atoms with Crippen LogP contribution in [0.15, 0.2) is 14.5 Å². The van der Waals surface area contributed by atoms with Crippen molar-refractivity contribution in [3.05, 3.63) is 11.6 Å². The third-order valence-electron chi connectivity index (χ3n) is 2.82. The molecule has 0 amide bonds. The molecule has 1 unspecified atom stereocenters. The van der Waals surface area contributed by atoms with Gasteiger partial charge >= 0.3 is 0 Å². The average Bonchev–Trinajstić information content (AvgIpc) is 2.73. The number of ketones is 1. The highest BCUT2D eigenvalue weighted by Crippen LogP contribution is 2.43. The number of fused-ring (bicyclic) bond motifs is 1. The molecule has 0 aliphatic carbocycles. The van der Waals surface area contributed by atoms with Crippen LogP contribution in [0.2, 0.25) is 0 Å². The number of Topliss-reactive ketones (excluding diaryl/α,β-unsaturated/α-hetero) is 1. The minimum absolute atomic E-state index is 0.00215. The van der Waals surface area contributed by atoms with Crippen LogP contribution >= 0.6 is 23.1 Å². The Labute approximate surface area is 120 Å². The number of thiophene rings is 1. The zero-order valence-corrected chi connectivity index (χ0v) is 12.9. The van der Waals surface area contributed by atoms with Gasteiger partial charge in [-0.05, 0) is 18.9 Å². The minimum Gasteiger partial charge on any atom is -0.385 e. The summed E-state index contributed by atoms with van der Waals surface area (Å²) in [4.78, 5) is 12.0. The van der Waals surface area contributed by atoms with Crippen LogP contribution in [0.5, 0.6) is 0 Å². The van der Waals surface area contributed by atoms with E-state index in [1.54, 1.807) is 18.9 Å². The summed E-state index contributed by atoms with van der Waals surface area (Å²) in [5.74, 6) is 0.00215. The highest BCUT2D eigenvalue weighted by atomic mass is 32.3. The van der Waals surface area contributed by atoms with Crippen LogP contribution in [-0.4, -0.2) is 33.2 Å². The zero-order chi connectivity index (χ0) is 14.0. The van der Waals surface area contributed by atoms with Gasteiger partial charge in [0.1, 0.15) is 4.21 Å². The molecule has 1 aliphatic heterocycles. The van der Waals surface area contributed by atoms with E-state index < -0.39 is 10.0 Å². The molecule has 2 rings (SSSR count). The molecular formula is C11H15NO4S3. The largest absolute Gasteiger partial charge is 0.385 e. The van der Waals surface area contributed by atoms with E-state index in [0.29, 0.717) is 18.6 Å². The smallest absolute Gasteiger partial charge is 0.247 e. The Hall–Kier alpha value is -0.410. The van der Waals surface area contributed by atoms with E-state index in [-0.39, 0.29) is 15.2 Å². The van der Waals surface area contributed by atoms with E-state index >= 15 is 0 Å². The van der Waals surface area contributed by atoms with Crippen molar-refractivity contribution in [3.63, 3.8) is 0 Å². The first-order valence-electron chi connectivity index (χ1n) is 5.77. The van der Waals surface area contributed by atoms with Crippen LogP contribution in [-0.2, 0) is 14.8 Å². The van der Waals surface area contributed by atoms with Gasteiger partial charge in [-0.15, -0.1) is 23.1 Å². The predicted octanol–water partition coefficient (Wildman–Crippen LogP) is 1.87. The summed E-state index contributed by atoms with van der Waals surface area (Å²) in [6.07, 6.45) is 2.22. The highest BCUT2D eigenvalue weighted by molar-refractivity contribution is 8.02. The molecule has 8 heteroatoms. The minimum atomic E-state index is -3.73. The SMILES string of the molecule is COCCCC1CC(=O)c2cc(S(N)(=O)=O)sc2S1. The summed E-state index contributed by atoms with van der Waals surface area (Å²) in [6, 6.07) is 1.40. The molecule has 0 saturated carbocycles. The third kappa shape index (κ3) is 3.57. The molecule has 106 valence electrons. The van der Waals surface area contributed by atoms with Gasteiger partial charge in [-0.3, -0.25) is 4.79 Å². The topological polar surface area (TPSA) is 86.5 Å². The van der Waals surface area contributed by atoms with Gasteiger partial charge in [-0.25, -0.2) is 13.6 Å². The molecular weight excluding hydrogens is 306 g/mol. The van der Waals surface area contributed by atoms with Gasteiger partial charge in [0.15, 0.2) is 5.78 Å². The van der Waals surface area contributed by atoms with Crippen molar-refractivity contribution in [3.8, 4) is 0 Å². The molecule has 1 atom stereocenters. The Bertz CT molecular complexity index is 579. The van der Waals surface area contributed by atoms with Crippen molar-refractivity contribution in [2.24, 2.45) is 5.14 Å². The van der Waals surface area contributed by atoms with Gasteiger partial charge in [-0.2, -0.15) is 0 Å². The second kappa shape index (κ2) is 5.92. The first kappa shape index (κ1) is 15.0. The van der Waals surface area contributed by atoms with Gasteiger partial charge in [0.05, 0.1) is 4.21 Å². The predicted molar refractivity (Wildman–Crippen MR) is 75.4 cm³/mol. The molecule has 1 aromatic heterocycles. The number of thioether (sulfide) groups is 1. The van der Waals surface area contributed by atoms with Gasteiger partial charge < -0.3 is 4.74 Å². The number of primary sulfonamides is 1. The maximum Gasteiger partial charge on any atom is 0.247 e. The number of sulfonamides is 1. The second-order valence-electron chi connectivity index (χ2n) is 4.31. The summed E-state index contributed by atoms with van der Waals surface area (Å²) in [5, 5.41) is 5.29. The normalized spacial score (nSPS) is 19.5. The molecule has 0 aromatic carbocycles. The Morgan fingerprint density at radius 1 is 1.53 bits per heavy atom. The number of ether oxygens (including phenoxy) is 1. The van der Waals surface area contributed by atoms with Gasteiger partial charge in [0, 0.05) is 31.0 Å². The number of rotatable bonds is 5. The van der Waals surface area contributed by atoms with E-state index in [0.717, 1.165) is 28.4 Å². The van der Waals surface area contributed by atoms with Crippen LogP contribution in [0.3, 0.4) is 0 Å². The number of methoxy groups -OCH3 is 1. The maximum atomic E-state index is 12.0. The van der Waals surface area contributed by atoms with Gasteiger partial charge in [-0.1, -0.05) is 0 Å². The summed E-state index contributed by atoms with van der Waals surface area (Å²) < 4.78 is 28.4. The molecule has 0 spiro atoms. The lowest BCUT2D eigenvalue weighted by Gasteiger charge is -2.19. The van der Waals surface area contributed by atoms with E-state index in [1.165, 1.54) is 6.07 Å². The van der Waals surface area contributed by atoms with Crippen molar-refractivity contribution in [2.45, 2.75) is 32.9 Å². The lowest BCUT2D eigenvalue weighted by molar-refractivity contribution is 0.0975. The van der Waals surface area contributed by atoms with Crippen molar-refractivity contribution in [2.75, 3.05) is 13.7 Å². The lowest BCUT2D eigenvalue weighted by atomic mass is 10.1. The van der Waals surface area contributed by atoms with Crippen LogP contribution in [0.4, 0.5) is 0 Å². The number of carbonyl (C=O) groups is 1. The van der Waals surface area contributed by atoms with Crippen LogP contribution in [0, 0.1) is 0 Å². The molecule has 19 heavy (non-hydrogen) atoms. The third-order valence-corrected chi connectivity index (χ3v) is 6.88. The lowest BCUT2D eigenvalue weighted by Crippen LogP contribution is -2.16. The zero-order valence-electron chi connectivity index (χ0n) is 10.4. The fourth-order valence-corrected chi connectivity index (χ4v) is 5.69. The quantitative estimate of drug-likeness (QED) is 0.837.